The van der Waals surface area contributed by atoms with Crippen LogP contribution in [0.3, 0.4) is 0 Å². The molecule has 1 fully saturated rings. The van der Waals surface area contributed by atoms with E-state index in [1.807, 2.05) is 47.4 Å². The van der Waals surface area contributed by atoms with E-state index in [4.69, 9.17) is 0 Å². The number of carbonyl (C=O) groups is 3. The number of hydrogen-bond acceptors (Lipinski definition) is 3. The Labute approximate surface area is 164 Å². The van der Waals surface area contributed by atoms with Crippen LogP contribution in [0.5, 0.6) is 0 Å². The first-order valence-electron chi connectivity index (χ1n) is 9.40. The van der Waals surface area contributed by atoms with Crippen molar-refractivity contribution in [2.24, 2.45) is 0 Å². The topological polar surface area (TPSA) is 77.9 Å². The molecule has 1 aliphatic rings. The molecule has 1 atom stereocenters. The molecule has 146 valence electrons. The average molecular weight is 380 g/mol. The van der Waals surface area contributed by atoms with Gasteiger partial charge >= 0.3 is 5.97 Å². The lowest BCUT2D eigenvalue weighted by molar-refractivity contribution is -0.141. The van der Waals surface area contributed by atoms with E-state index in [1.54, 1.807) is 12.1 Å². The summed E-state index contributed by atoms with van der Waals surface area (Å²) in [5.41, 5.74) is 2.25. The molecule has 2 amide bonds. The van der Waals surface area contributed by atoms with Gasteiger partial charge in [0, 0.05) is 31.6 Å². The zero-order valence-corrected chi connectivity index (χ0v) is 15.9. The number of carboxylic acid groups (broad SMARTS) is 1. The second kappa shape index (κ2) is 8.69. The summed E-state index contributed by atoms with van der Waals surface area (Å²) >= 11 is 0. The fraction of sp³-hybridized carbons (Fsp3) is 0.318. The lowest BCUT2D eigenvalue weighted by atomic mass is 10.1. The van der Waals surface area contributed by atoms with Crippen LogP contribution < -0.4 is 0 Å². The van der Waals surface area contributed by atoms with E-state index >= 15 is 0 Å². The number of rotatable bonds is 7. The van der Waals surface area contributed by atoms with Crippen molar-refractivity contribution in [1.82, 2.24) is 9.80 Å². The Kier molecular flexibility index (Phi) is 6.09. The molecular formula is C22H24N2O4. The summed E-state index contributed by atoms with van der Waals surface area (Å²) in [7, 11) is 0. The van der Waals surface area contributed by atoms with Crippen LogP contribution in [0, 0.1) is 0 Å². The zero-order valence-electron chi connectivity index (χ0n) is 15.9. The van der Waals surface area contributed by atoms with Crippen molar-refractivity contribution in [3.8, 4) is 0 Å². The van der Waals surface area contributed by atoms with Crippen LogP contribution in [0.15, 0.2) is 54.6 Å². The third-order valence-corrected chi connectivity index (χ3v) is 5.03. The number of benzene rings is 2. The summed E-state index contributed by atoms with van der Waals surface area (Å²) in [4.78, 5) is 39.4. The van der Waals surface area contributed by atoms with Gasteiger partial charge in [-0.25, -0.2) is 4.79 Å². The lowest BCUT2D eigenvalue weighted by Gasteiger charge is -2.27. The fourth-order valence-electron chi connectivity index (χ4n) is 3.31. The van der Waals surface area contributed by atoms with Crippen molar-refractivity contribution in [3.63, 3.8) is 0 Å². The van der Waals surface area contributed by atoms with Crippen molar-refractivity contribution in [3.05, 3.63) is 71.3 Å². The van der Waals surface area contributed by atoms with E-state index in [1.165, 1.54) is 11.8 Å². The van der Waals surface area contributed by atoms with Crippen LogP contribution in [0.2, 0.25) is 0 Å². The molecule has 1 aliphatic heterocycles. The molecule has 6 heteroatoms. The number of nitrogens with zero attached hydrogens (tertiary/aromatic N) is 2. The number of amides is 2. The highest BCUT2D eigenvalue weighted by Gasteiger charge is 2.27. The Bertz CT molecular complexity index is 849. The third-order valence-electron chi connectivity index (χ3n) is 5.03. The minimum absolute atomic E-state index is 0.157. The molecule has 28 heavy (non-hydrogen) atoms. The third kappa shape index (κ3) is 4.57. The molecule has 1 heterocycles. The molecular weight excluding hydrogens is 356 g/mol. The van der Waals surface area contributed by atoms with Gasteiger partial charge in [-0.05, 0) is 36.6 Å². The summed E-state index contributed by atoms with van der Waals surface area (Å²) in [5, 5.41) is 9.42. The summed E-state index contributed by atoms with van der Waals surface area (Å²) < 4.78 is 0. The molecule has 3 rings (SSSR count). The molecule has 0 aromatic heterocycles. The maximum absolute atomic E-state index is 13.0. The summed E-state index contributed by atoms with van der Waals surface area (Å²) in [6, 6.07) is 15.4. The van der Waals surface area contributed by atoms with Gasteiger partial charge in [-0.3, -0.25) is 9.59 Å². The highest BCUT2D eigenvalue weighted by Crippen LogP contribution is 2.17. The Balaban J connectivity index is 1.76. The minimum atomic E-state index is -1.05. The second-order valence-corrected chi connectivity index (χ2v) is 7.05. The van der Waals surface area contributed by atoms with Crippen LogP contribution >= 0.6 is 0 Å². The van der Waals surface area contributed by atoms with Crippen LogP contribution in [0.25, 0.3) is 0 Å². The number of carboxylic acids is 1. The van der Waals surface area contributed by atoms with Gasteiger partial charge < -0.3 is 14.9 Å². The van der Waals surface area contributed by atoms with E-state index in [2.05, 4.69) is 0 Å². The molecule has 1 unspecified atom stereocenters. The molecule has 1 saturated heterocycles. The van der Waals surface area contributed by atoms with Gasteiger partial charge in [0.25, 0.3) is 5.91 Å². The molecule has 6 nitrogen and oxygen atoms in total. The van der Waals surface area contributed by atoms with Gasteiger partial charge in [-0.2, -0.15) is 0 Å². The lowest BCUT2D eigenvalue weighted by Crippen LogP contribution is -2.42. The van der Waals surface area contributed by atoms with Crippen LogP contribution in [0.1, 0.15) is 41.3 Å². The van der Waals surface area contributed by atoms with Crippen LogP contribution in [0.4, 0.5) is 0 Å². The summed E-state index contributed by atoms with van der Waals surface area (Å²) in [5.74, 6) is -1.22. The maximum atomic E-state index is 13.0. The van der Waals surface area contributed by atoms with Gasteiger partial charge in [-0.1, -0.05) is 42.5 Å². The van der Waals surface area contributed by atoms with Gasteiger partial charge in [0.1, 0.15) is 6.04 Å². The van der Waals surface area contributed by atoms with Crippen molar-refractivity contribution in [2.75, 3.05) is 6.54 Å². The van der Waals surface area contributed by atoms with E-state index < -0.39 is 12.0 Å². The minimum Gasteiger partial charge on any atom is -0.480 e. The van der Waals surface area contributed by atoms with Gasteiger partial charge in [0.05, 0.1) is 0 Å². The van der Waals surface area contributed by atoms with Crippen molar-refractivity contribution < 1.29 is 19.5 Å². The number of hydrogen-bond donors (Lipinski definition) is 1. The molecule has 0 aliphatic carbocycles. The monoisotopic (exact) mass is 380 g/mol. The molecule has 0 spiro atoms. The smallest absolute Gasteiger partial charge is 0.326 e. The molecule has 0 bridgehead atoms. The molecule has 2 aromatic carbocycles. The standard InChI is InChI=1S/C22H24N2O4/c1-16(22(27)28)24(15-17-6-3-2-4-7-17)21(26)19-11-9-18(10-12-19)14-23-13-5-8-20(23)25/h2-4,6-7,9-12,16H,5,8,13-15H2,1H3,(H,27,28). The number of carbonyl (C=O) groups excluding carboxylic acids is 2. The first-order valence-corrected chi connectivity index (χ1v) is 9.40. The zero-order chi connectivity index (χ0) is 20.1. The Hall–Kier alpha value is -3.15. The highest BCUT2D eigenvalue weighted by molar-refractivity contribution is 5.96. The normalized spacial score (nSPS) is 14.8. The Morgan fingerprint density at radius 2 is 1.75 bits per heavy atom. The SMILES string of the molecule is CC(C(=O)O)N(Cc1ccccc1)C(=O)c1ccc(CN2CCCC2=O)cc1. The average Bonchev–Trinajstić information content (AvgIpc) is 3.11. The molecule has 0 saturated carbocycles. The van der Waals surface area contributed by atoms with Crippen LogP contribution in [-0.2, 0) is 22.7 Å². The summed E-state index contributed by atoms with van der Waals surface area (Å²) in [6.07, 6.45) is 1.48. The van der Waals surface area contributed by atoms with E-state index in [0.717, 1.165) is 24.1 Å². The predicted octanol–water partition coefficient (Wildman–Crippen LogP) is 2.92. The van der Waals surface area contributed by atoms with E-state index in [-0.39, 0.29) is 18.4 Å². The second-order valence-electron chi connectivity index (χ2n) is 7.05. The first kappa shape index (κ1) is 19.6. The van der Waals surface area contributed by atoms with E-state index in [9.17, 15) is 19.5 Å². The van der Waals surface area contributed by atoms with Crippen molar-refractivity contribution in [1.29, 1.82) is 0 Å². The van der Waals surface area contributed by atoms with E-state index in [0.29, 0.717) is 18.5 Å². The van der Waals surface area contributed by atoms with Crippen LogP contribution in [-0.4, -0.2) is 45.3 Å². The fourth-order valence-corrected chi connectivity index (χ4v) is 3.31. The Morgan fingerprint density at radius 3 is 2.32 bits per heavy atom. The van der Waals surface area contributed by atoms with Gasteiger partial charge in [0.15, 0.2) is 0 Å². The number of likely N-dealkylation sites (tertiary alicyclic amines) is 1. The first-order chi connectivity index (χ1) is 13.5. The molecule has 2 aromatic rings. The quantitative estimate of drug-likeness (QED) is 0.801. The largest absolute Gasteiger partial charge is 0.480 e. The Morgan fingerprint density at radius 1 is 1.07 bits per heavy atom. The molecule has 1 N–H and O–H groups in total. The number of aliphatic carboxylic acids is 1. The molecule has 0 radical (unpaired) electrons. The van der Waals surface area contributed by atoms with Gasteiger partial charge in [-0.15, -0.1) is 0 Å². The summed E-state index contributed by atoms with van der Waals surface area (Å²) in [6.45, 7) is 3.03. The van der Waals surface area contributed by atoms with Crippen molar-refractivity contribution in [2.45, 2.75) is 38.9 Å². The van der Waals surface area contributed by atoms with Crippen molar-refractivity contribution >= 4 is 17.8 Å². The van der Waals surface area contributed by atoms with Gasteiger partial charge in [0.2, 0.25) is 5.91 Å². The predicted molar refractivity (Wildman–Crippen MR) is 105 cm³/mol. The highest BCUT2D eigenvalue weighted by atomic mass is 16.4. The maximum Gasteiger partial charge on any atom is 0.326 e.